The molecule has 0 radical (unpaired) electrons. The predicted octanol–water partition coefficient (Wildman–Crippen LogP) is 3.11. The van der Waals surface area contributed by atoms with E-state index in [1.54, 1.807) is 0 Å². The van der Waals surface area contributed by atoms with Gasteiger partial charge in [-0.25, -0.2) is 0 Å². The SMILES string of the molecule is CC1=CC(c2ccccc2)=NOC1O[C@H]1[C@H]2OC(C)(C)O[C@H]2O[C@@H]1[C@H]1COC(C)(C)O1. The van der Waals surface area contributed by atoms with E-state index in [-0.39, 0.29) is 6.10 Å². The van der Waals surface area contributed by atoms with Crippen LogP contribution in [0.2, 0.25) is 0 Å². The van der Waals surface area contributed by atoms with Crippen molar-refractivity contribution in [2.24, 2.45) is 5.16 Å². The molecule has 0 amide bonds. The number of ether oxygens (including phenoxy) is 6. The zero-order chi connectivity index (χ0) is 21.8. The normalized spacial score (nSPS) is 38.4. The first-order valence-corrected chi connectivity index (χ1v) is 10.7. The van der Waals surface area contributed by atoms with Crippen molar-refractivity contribution in [3.63, 3.8) is 0 Å². The predicted molar refractivity (Wildman–Crippen MR) is 110 cm³/mol. The molecule has 0 aliphatic carbocycles. The van der Waals surface area contributed by atoms with Crippen molar-refractivity contribution < 1.29 is 33.3 Å². The van der Waals surface area contributed by atoms with Gasteiger partial charge in [0, 0.05) is 5.56 Å². The number of oxime groups is 1. The van der Waals surface area contributed by atoms with Crippen LogP contribution >= 0.6 is 0 Å². The number of benzene rings is 1. The first-order valence-electron chi connectivity index (χ1n) is 10.7. The van der Waals surface area contributed by atoms with Crippen LogP contribution in [0, 0.1) is 0 Å². The summed E-state index contributed by atoms with van der Waals surface area (Å²) in [6.07, 6.45) is -0.862. The average molecular weight is 431 g/mol. The van der Waals surface area contributed by atoms with Gasteiger partial charge in [0.2, 0.25) is 6.29 Å². The Bertz CT molecular complexity index is 881. The number of hydrogen-bond donors (Lipinski definition) is 0. The molecule has 3 saturated heterocycles. The molecular weight excluding hydrogens is 402 g/mol. The summed E-state index contributed by atoms with van der Waals surface area (Å²) in [5.41, 5.74) is 2.64. The first kappa shape index (κ1) is 21.1. The van der Waals surface area contributed by atoms with Gasteiger partial charge in [-0.1, -0.05) is 35.5 Å². The minimum Gasteiger partial charge on any atom is -0.358 e. The van der Waals surface area contributed by atoms with Crippen LogP contribution in [0.25, 0.3) is 0 Å². The molecule has 1 unspecified atom stereocenters. The van der Waals surface area contributed by atoms with Crippen LogP contribution in [0.1, 0.15) is 40.2 Å². The zero-order valence-corrected chi connectivity index (χ0v) is 18.4. The van der Waals surface area contributed by atoms with Crippen LogP contribution in [-0.2, 0) is 33.3 Å². The number of hydrogen-bond acceptors (Lipinski definition) is 8. The van der Waals surface area contributed by atoms with Crippen LogP contribution in [0.4, 0.5) is 0 Å². The third-order valence-corrected chi connectivity index (χ3v) is 5.76. The quantitative estimate of drug-likeness (QED) is 0.725. The lowest BCUT2D eigenvalue weighted by molar-refractivity contribution is -0.251. The van der Waals surface area contributed by atoms with E-state index in [0.717, 1.165) is 16.8 Å². The topological polar surface area (TPSA) is 77.0 Å². The Morgan fingerprint density at radius 1 is 0.968 bits per heavy atom. The zero-order valence-electron chi connectivity index (χ0n) is 18.4. The monoisotopic (exact) mass is 431 g/mol. The highest BCUT2D eigenvalue weighted by Gasteiger charge is 2.59. The number of rotatable bonds is 4. The smallest absolute Gasteiger partial charge is 0.249 e. The lowest BCUT2D eigenvalue weighted by Crippen LogP contribution is -2.46. The van der Waals surface area contributed by atoms with E-state index in [0.29, 0.717) is 6.61 Å². The highest BCUT2D eigenvalue weighted by Crippen LogP contribution is 2.42. The molecule has 0 spiro atoms. The summed E-state index contributed by atoms with van der Waals surface area (Å²) in [5, 5.41) is 4.28. The van der Waals surface area contributed by atoms with Gasteiger partial charge in [-0.05, 0) is 46.3 Å². The lowest BCUT2D eigenvalue weighted by Gasteiger charge is -2.31. The summed E-state index contributed by atoms with van der Waals surface area (Å²) in [4.78, 5) is 5.75. The molecule has 4 aliphatic heterocycles. The third kappa shape index (κ3) is 4.16. The second-order valence-electron chi connectivity index (χ2n) is 9.21. The van der Waals surface area contributed by atoms with Gasteiger partial charge >= 0.3 is 0 Å². The Kier molecular flexibility index (Phi) is 5.20. The maximum atomic E-state index is 6.39. The van der Waals surface area contributed by atoms with Crippen LogP contribution in [0.3, 0.4) is 0 Å². The highest BCUT2D eigenvalue weighted by molar-refractivity contribution is 6.09. The molecule has 4 aliphatic rings. The molecule has 168 valence electrons. The minimum absolute atomic E-state index is 0.308. The van der Waals surface area contributed by atoms with Crippen LogP contribution in [-0.4, -0.2) is 60.9 Å². The second-order valence-corrected chi connectivity index (χ2v) is 9.21. The van der Waals surface area contributed by atoms with Gasteiger partial charge in [-0.3, -0.25) is 0 Å². The van der Waals surface area contributed by atoms with E-state index in [9.17, 15) is 0 Å². The number of allylic oxidation sites excluding steroid dienone is 1. The van der Waals surface area contributed by atoms with E-state index in [2.05, 4.69) is 5.16 Å². The van der Waals surface area contributed by atoms with Crippen molar-refractivity contribution in [2.75, 3.05) is 6.61 Å². The van der Waals surface area contributed by atoms with E-state index in [1.165, 1.54) is 0 Å². The van der Waals surface area contributed by atoms with Crippen LogP contribution in [0.15, 0.2) is 47.1 Å². The Hall–Kier alpha value is -1.81. The molecule has 1 aromatic rings. The third-order valence-electron chi connectivity index (χ3n) is 5.76. The van der Waals surface area contributed by atoms with E-state index < -0.39 is 42.5 Å². The summed E-state index contributed by atoms with van der Waals surface area (Å²) >= 11 is 0. The van der Waals surface area contributed by atoms with Gasteiger partial charge in [0.05, 0.1) is 6.61 Å². The average Bonchev–Trinajstić information content (AvgIpc) is 3.33. The molecule has 5 rings (SSSR count). The fourth-order valence-corrected chi connectivity index (χ4v) is 4.35. The molecule has 31 heavy (non-hydrogen) atoms. The first-order chi connectivity index (χ1) is 14.7. The fraction of sp³-hybridized carbons (Fsp3) is 0.609. The highest BCUT2D eigenvalue weighted by atomic mass is 16.9. The van der Waals surface area contributed by atoms with E-state index in [4.69, 9.17) is 33.3 Å². The van der Waals surface area contributed by atoms with Gasteiger partial charge in [-0.2, -0.15) is 0 Å². The molecule has 1 aromatic carbocycles. The Balaban J connectivity index is 1.34. The molecule has 8 heteroatoms. The molecule has 0 bridgehead atoms. The van der Waals surface area contributed by atoms with E-state index in [1.807, 2.05) is 71.0 Å². The van der Waals surface area contributed by atoms with Crippen molar-refractivity contribution in [1.29, 1.82) is 0 Å². The molecule has 0 aromatic heterocycles. The van der Waals surface area contributed by atoms with Crippen LogP contribution in [0.5, 0.6) is 0 Å². The number of fused-ring (bicyclic) bond motifs is 1. The van der Waals surface area contributed by atoms with Gasteiger partial charge in [-0.15, -0.1) is 0 Å². The Morgan fingerprint density at radius 3 is 2.42 bits per heavy atom. The standard InChI is InChI=1S/C23H29NO7/c1-13-11-15(14-9-7-6-8-10-14)24-31-20(13)27-18-17(16-12-25-22(2,3)28-16)26-21-19(18)29-23(4,5)30-21/h6-11,16-21H,12H2,1-5H3/t16-,17-,18-,19-,20?,21-/m1/s1. The molecule has 4 heterocycles. The molecule has 0 N–H and O–H groups in total. The summed E-state index contributed by atoms with van der Waals surface area (Å²) in [6.45, 7) is 9.84. The Morgan fingerprint density at radius 2 is 1.74 bits per heavy atom. The van der Waals surface area contributed by atoms with Crippen molar-refractivity contribution in [1.82, 2.24) is 0 Å². The van der Waals surface area contributed by atoms with Gasteiger partial charge in [0.15, 0.2) is 17.9 Å². The summed E-state index contributed by atoms with van der Waals surface area (Å²) in [6, 6.07) is 9.88. The summed E-state index contributed by atoms with van der Waals surface area (Å²) < 4.78 is 36.4. The maximum Gasteiger partial charge on any atom is 0.249 e. The minimum atomic E-state index is -0.759. The lowest BCUT2D eigenvalue weighted by atomic mass is 10.0. The molecule has 6 atom stereocenters. The van der Waals surface area contributed by atoms with E-state index >= 15 is 0 Å². The van der Waals surface area contributed by atoms with Crippen molar-refractivity contribution in [3.05, 3.63) is 47.5 Å². The Labute approximate surface area is 182 Å². The molecule has 0 saturated carbocycles. The van der Waals surface area contributed by atoms with Crippen molar-refractivity contribution in [3.8, 4) is 0 Å². The second kappa shape index (κ2) is 7.65. The molecule has 3 fully saturated rings. The van der Waals surface area contributed by atoms with Crippen molar-refractivity contribution in [2.45, 2.75) is 83.2 Å². The summed E-state index contributed by atoms with van der Waals surface area (Å²) in [5.74, 6) is -1.44. The van der Waals surface area contributed by atoms with Gasteiger partial charge in [0.1, 0.15) is 30.1 Å². The van der Waals surface area contributed by atoms with Crippen LogP contribution < -0.4 is 0 Å². The fourth-order valence-electron chi connectivity index (χ4n) is 4.35. The molecular formula is C23H29NO7. The number of nitrogens with zero attached hydrogens (tertiary/aromatic N) is 1. The summed E-state index contributed by atoms with van der Waals surface area (Å²) in [7, 11) is 0. The van der Waals surface area contributed by atoms with Gasteiger partial charge in [0.25, 0.3) is 0 Å². The van der Waals surface area contributed by atoms with Crippen molar-refractivity contribution >= 4 is 5.71 Å². The van der Waals surface area contributed by atoms with Gasteiger partial charge < -0.3 is 33.3 Å². The largest absolute Gasteiger partial charge is 0.358 e. The maximum absolute atomic E-state index is 6.39. The molecule has 8 nitrogen and oxygen atoms in total.